The third-order valence-electron chi connectivity index (χ3n) is 2.88. The fraction of sp³-hybridized carbons (Fsp3) is 0.417. The van der Waals surface area contributed by atoms with E-state index < -0.39 is 0 Å². The van der Waals surface area contributed by atoms with Crippen molar-refractivity contribution in [1.29, 1.82) is 0 Å². The molecule has 3 nitrogen and oxygen atoms in total. The summed E-state index contributed by atoms with van der Waals surface area (Å²) in [6.07, 6.45) is 2.11. The number of aromatic nitrogens is 1. The van der Waals surface area contributed by atoms with Crippen molar-refractivity contribution in [3.8, 4) is 10.4 Å². The van der Waals surface area contributed by atoms with E-state index in [9.17, 15) is 0 Å². The first-order valence-corrected chi connectivity index (χ1v) is 6.44. The Labute approximate surface area is 99.3 Å². The molecule has 16 heavy (non-hydrogen) atoms. The van der Waals surface area contributed by atoms with Gasteiger partial charge in [0.05, 0.1) is 11.3 Å². The number of rotatable bonds is 4. The molecular formula is C12H16N2OS. The van der Waals surface area contributed by atoms with Crippen LogP contribution in [0.1, 0.15) is 38.3 Å². The molecule has 0 spiro atoms. The fourth-order valence-electron chi connectivity index (χ4n) is 1.94. The molecule has 0 radical (unpaired) electrons. The summed E-state index contributed by atoms with van der Waals surface area (Å²) in [5.74, 6) is 0.863. The number of thiophene rings is 1. The lowest BCUT2D eigenvalue weighted by Crippen LogP contribution is -1.98. The number of hydrogen-bond acceptors (Lipinski definition) is 4. The van der Waals surface area contributed by atoms with Gasteiger partial charge in [-0.05, 0) is 24.3 Å². The van der Waals surface area contributed by atoms with Crippen LogP contribution in [0.2, 0.25) is 0 Å². The van der Waals surface area contributed by atoms with Crippen molar-refractivity contribution in [1.82, 2.24) is 5.16 Å². The lowest BCUT2D eigenvalue weighted by Gasteiger charge is -2.09. The first-order chi connectivity index (χ1) is 7.77. The molecule has 0 aliphatic rings. The van der Waals surface area contributed by atoms with Crippen LogP contribution in [0, 0.1) is 0 Å². The SMILES string of the molecule is CCC(CC)c1noc(N)c1-c1cccs1. The predicted octanol–water partition coefficient (Wildman–Crippen LogP) is 3.89. The highest BCUT2D eigenvalue weighted by molar-refractivity contribution is 7.13. The molecule has 0 aromatic carbocycles. The predicted molar refractivity (Wildman–Crippen MR) is 67.6 cm³/mol. The van der Waals surface area contributed by atoms with Gasteiger partial charge >= 0.3 is 0 Å². The second-order valence-corrected chi connectivity index (χ2v) is 4.75. The molecule has 0 aliphatic heterocycles. The Kier molecular flexibility index (Phi) is 3.29. The zero-order chi connectivity index (χ0) is 11.5. The summed E-state index contributed by atoms with van der Waals surface area (Å²) in [4.78, 5) is 1.14. The number of nitrogens with two attached hydrogens (primary N) is 1. The summed E-state index contributed by atoms with van der Waals surface area (Å²) in [7, 11) is 0. The van der Waals surface area contributed by atoms with Crippen LogP contribution in [-0.4, -0.2) is 5.16 Å². The maximum absolute atomic E-state index is 5.86. The lowest BCUT2D eigenvalue weighted by atomic mass is 9.95. The fourth-order valence-corrected chi connectivity index (χ4v) is 2.72. The smallest absolute Gasteiger partial charge is 0.231 e. The maximum Gasteiger partial charge on any atom is 0.231 e. The molecule has 86 valence electrons. The molecule has 0 aliphatic carbocycles. The molecule has 0 atom stereocenters. The molecule has 0 saturated carbocycles. The highest BCUT2D eigenvalue weighted by Crippen LogP contribution is 2.38. The van der Waals surface area contributed by atoms with Crippen LogP contribution in [0.25, 0.3) is 10.4 Å². The van der Waals surface area contributed by atoms with Crippen molar-refractivity contribution in [2.24, 2.45) is 0 Å². The van der Waals surface area contributed by atoms with E-state index >= 15 is 0 Å². The summed E-state index contributed by atoms with van der Waals surface area (Å²) in [6.45, 7) is 4.33. The van der Waals surface area contributed by atoms with Crippen molar-refractivity contribution in [2.75, 3.05) is 5.73 Å². The maximum atomic E-state index is 5.86. The van der Waals surface area contributed by atoms with E-state index in [1.165, 1.54) is 0 Å². The van der Waals surface area contributed by atoms with Crippen molar-refractivity contribution in [3.63, 3.8) is 0 Å². The lowest BCUT2D eigenvalue weighted by molar-refractivity contribution is 0.416. The zero-order valence-electron chi connectivity index (χ0n) is 9.56. The standard InChI is InChI=1S/C12H16N2OS/c1-3-8(4-2)11-10(12(13)15-14-11)9-6-5-7-16-9/h5-8H,3-4,13H2,1-2H3. The molecule has 0 bridgehead atoms. The van der Waals surface area contributed by atoms with Crippen LogP contribution in [0.5, 0.6) is 0 Å². The highest BCUT2D eigenvalue weighted by Gasteiger charge is 2.21. The molecule has 0 fully saturated rings. The second-order valence-electron chi connectivity index (χ2n) is 3.80. The van der Waals surface area contributed by atoms with Crippen LogP contribution in [-0.2, 0) is 0 Å². The van der Waals surface area contributed by atoms with Gasteiger partial charge in [-0.1, -0.05) is 25.1 Å². The normalized spacial score (nSPS) is 11.2. The van der Waals surface area contributed by atoms with Gasteiger partial charge in [-0.15, -0.1) is 11.3 Å². The van der Waals surface area contributed by atoms with Gasteiger partial charge < -0.3 is 10.3 Å². The topological polar surface area (TPSA) is 52.0 Å². The number of nitrogen functional groups attached to an aromatic ring is 1. The Morgan fingerprint density at radius 3 is 2.75 bits per heavy atom. The van der Waals surface area contributed by atoms with Crippen LogP contribution < -0.4 is 5.73 Å². The third-order valence-corrected chi connectivity index (χ3v) is 3.77. The molecule has 2 rings (SSSR count). The molecule has 2 aromatic rings. The average molecular weight is 236 g/mol. The van der Waals surface area contributed by atoms with E-state index in [1.807, 2.05) is 11.4 Å². The van der Waals surface area contributed by atoms with Crippen molar-refractivity contribution < 1.29 is 4.52 Å². The Morgan fingerprint density at radius 1 is 1.44 bits per heavy atom. The number of hydrogen-bond donors (Lipinski definition) is 1. The van der Waals surface area contributed by atoms with Crippen LogP contribution >= 0.6 is 11.3 Å². The Bertz CT molecular complexity index is 444. The van der Waals surface area contributed by atoms with Crippen LogP contribution in [0.3, 0.4) is 0 Å². The van der Waals surface area contributed by atoms with Gasteiger partial charge in [0.15, 0.2) is 0 Å². The van der Waals surface area contributed by atoms with Gasteiger partial charge in [0, 0.05) is 10.8 Å². The first-order valence-electron chi connectivity index (χ1n) is 5.56. The van der Waals surface area contributed by atoms with Crippen molar-refractivity contribution >= 4 is 17.2 Å². The highest BCUT2D eigenvalue weighted by atomic mass is 32.1. The van der Waals surface area contributed by atoms with Gasteiger partial charge in [-0.3, -0.25) is 0 Å². The Balaban J connectivity index is 2.48. The molecule has 0 unspecified atom stereocenters. The Morgan fingerprint density at radius 2 is 2.19 bits per heavy atom. The van der Waals surface area contributed by atoms with E-state index in [4.69, 9.17) is 10.3 Å². The number of nitrogens with zero attached hydrogens (tertiary/aromatic N) is 1. The summed E-state index contributed by atoms with van der Waals surface area (Å²) in [5.41, 5.74) is 7.85. The third kappa shape index (κ3) is 1.85. The van der Waals surface area contributed by atoms with E-state index in [2.05, 4.69) is 25.1 Å². The summed E-state index contributed by atoms with van der Waals surface area (Å²) >= 11 is 1.67. The van der Waals surface area contributed by atoms with E-state index in [1.54, 1.807) is 11.3 Å². The minimum absolute atomic E-state index is 0.429. The first kappa shape index (κ1) is 11.2. The van der Waals surface area contributed by atoms with E-state index in [0.717, 1.165) is 29.0 Å². The van der Waals surface area contributed by atoms with E-state index in [0.29, 0.717) is 11.8 Å². The average Bonchev–Trinajstić information content (AvgIpc) is 2.90. The quantitative estimate of drug-likeness (QED) is 0.876. The minimum atomic E-state index is 0.429. The van der Waals surface area contributed by atoms with Crippen molar-refractivity contribution in [3.05, 3.63) is 23.2 Å². The van der Waals surface area contributed by atoms with Gasteiger partial charge in [-0.2, -0.15) is 0 Å². The van der Waals surface area contributed by atoms with Crippen LogP contribution in [0.15, 0.2) is 22.0 Å². The molecular weight excluding hydrogens is 220 g/mol. The minimum Gasteiger partial charge on any atom is -0.367 e. The number of anilines is 1. The van der Waals surface area contributed by atoms with Crippen LogP contribution in [0.4, 0.5) is 5.88 Å². The summed E-state index contributed by atoms with van der Waals surface area (Å²) < 4.78 is 5.14. The molecule has 0 saturated heterocycles. The molecule has 2 heterocycles. The molecule has 2 aromatic heterocycles. The van der Waals surface area contributed by atoms with Gasteiger partial charge in [0.1, 0.15) is 0 Å². The molecule has 2 N–H and O–H groups in total. The van der Waals surface area contributed by atoms with Gasteiger partial charge in [0.25, 0.3) is 0 Å². The molecule has 0 amide bonds. The zero-order valence-corrected chi connectivity index (χ0v) is 10.4. The second kappa shape index (κ2) is 4.70. The summed E-state index contributed by atoms with van der Waals surface area (Å²) in [5, 5.41) is 6.16. The van der Waals surface area contributed by atoms with E-state index in [-0.39, 0.29) is 0 Å². The van der Waals surface area contributed by atoms with Crippen molar-refractivity contribution in [2.45, 2.75) is 32.6 Å². The van der Waals surface area contributed by atoms with Gasteiger partial charge in [0.2, 0.25) is 5.88 Å². The van der Waals surface area contributed by atoms with Gasteiger partial charge in [-0.25, -0.2) is 0 Å². The Hall–Kier alpha value is -1.29. The monoisotopic (exact) mass is 236 g/mol. The largest absolute Gasteiger partial charge is 0.367 e. The molecule has 4 heteroatoms. The summed E-state index contributed by atoms with van der Waals surface area (Å²) in [6, 6.07) is 4.07.